The number of rotatable bonds is 3. The summed E-state index contributed by atoms with van der Waals surface area (Å²) in [5, 5.41) is 13.3. The lowest BCUT2D eigenvalue weighted by molar-refractivity contribution is 0.102. The monoisotopic (exact) mass is 308 g/mol. The summed E-state index contributed by atoms with van der Waals surface area (Å²) in [5.41, 5.74) is 3.47. The first kappa shape index (κ1) is 12.8. The molecule has 3 N–H and O–H groups in total. The molecule has 4 aromatic rings. The van der Waals surface area contributed by atoms with Crippen LogP contribution in [-0.2, 0) is 0 Å². The number of H-pyrrole nitrogens is 2. The highest BCUT2D eigenvalue weighted by Gasteiger charge is 2.13. The van der Waals surface area contributed by atoms with Gasteiger partial charge in [0.15, 0.2) is 0 Å². The topological polar surface area (TPSA) is 73.6 Å². The quantitative estimate of drug-likeness (QED) is 0.537. The van der Waals surface area contributed by atoms with Crippen LogP contribution >= 0.6 is 11.3 Å². The smallest absolute Gasteiger partial charge is 0.256 e. The van der Waals surface area contributed by atoms with E-state index in [0.29, 0.717) is 5.56 Å². The first-order valence-electron chi connectivity index (χ1n) is 6.77. The number of fused-ring (bicyclic) bond motifs is 1. The molecule has 4 rings (SSSR count). The molecule has 0 saturated heterocycles. The Morgan fingerprint density at radius 3 is 2.95 bits per heavy atom. The van der Waals surface area contributed by atoms with Gasteiger partial charge < -0.3 is 10.3 Å². The van der Waals surface area contributed by atoms with Crippen molar-refractivity contribution in [2.75, 3.05) is 5.32 Å². The SMILES string of the molecule is O=C(Nc1cccs1)c1cccc2[nH]c(-c3cn[nH]c3)cc12. The van der Waals surface area contributed by atoms with E-state index in [9.17, 15) is 4.79 Å². The third-order valence-corrected chi connectivity index (χ3v) is 4.26. The van der Waals surface area contributed by atoms with E-state index >= 15 is 0 Å². The van der Waals surface area contributed by atoms with Crippen molar-refractivity contribution >= 4 is 33.1 Å². The molecule has 0 radical (unpaired) electrons. The van der Waals surface area contributed by atoms with Gasteiger partial charge in [0, 0.05) is 33.9 Å². The minimum Gasteiger partial charge on any atom is -0.354 e. The molecular formula is C16H12N4OS. The predicted octanol–water partition coefficient (Wildman–Crippen LogP) is 3.87. The van der Waals surface area contributed by atoms with Gasteiger partial charge in [0.1, 0.15) is 0 Å². The zero-order chi connectivity index (χ0) is 14.9. The zero-order valence-electron chi connectivity index (χ0n) is 11.5. The highest BCUT2D eigenvalue weighted by Crippen LogP contribution is 2.27. The fourth-order valence-corrected chi connectivity index (χ4v) is 3.05. The molecule has 0 aliphatic rings. The van der Waals surface area contributed by atoms with Crippen LogP contribution < -0.4 is 5.32 Å². The van der Waals surface area contributed by atoms with E-state index in [0.717, 1.165) is 27.2 Å². The Labute approximate surface area is 130 Å². The van der Waals surface area contributed by atoms with Crippen LogP contribution in [0.2, 0.25) is 0 Å². The lowest BCUT2D eigenvalue weighted by atomic mass is 10.1. The molecule has 0 bridgehead atoms. The molecule has 0 aliphatic carbocycles. The summed E-state index contributed by atoms with van der Waals surface area (Å²) < 4.78 is 0. The maximum Gasteiger partial charge on any atom is 0.256 e. The average molecular weight is 308 g/mol. The van der Waals surface area contributed by atoms with Gasteiger partial charge in [0.05, 0.1) is 11.2 Å². The summed E-state index contributed by atoms with van der Waals surface area (Å²) in [6.07, 6.45) is 3.56. The number of thiophene rings is 1. The zero-order valence-corrected chi connectivity index (χ0v) is 12.3. The number of amides is 1. The normalized spacial score (nSPS) is 10.9. The Bertz CT molecular complexity index is 923. The van der Waals surface area contributed by atoms with Gasteiger partial charge in [-0.2, -0.15) is 5.10 Å². The molecule has 0 saturated carbocycles. The first-order valence-corrected chi connectivity index (χ1v) is 7.65. The Hall–Kier alpha value is -2.86. The first-order chi connectivity index (χ1) is 10.8. The molecule has 0 atom stereocenters. The molecule has 3 heterocycles. The van der Waals surface area contributed by atoms with Crippen molar-refractivity contribution in [3.05, 3.63) is 59.7 Å². The Kier molecular flexibility index (Phi) is 3.01. The van der Waals surface area contributed by atoms with E-state index in [4.69, 9.17) is 0 Å². The maximum absolute atomic E-state index is 12.5. The molecule has 0 fully saturated rings. The lowest BCUT2D eigenvalue weighted by Gasteiger charge is -2.03. The predicted molar refractivity (Wildman–Crippen MR) is 88.2 cm³/mol. The second-order valence-electron chi connectivity index (χ2n) is 4.87. The van der Waals surface area contributed by atoms with E-state index in [1.54, 1.807) is 6.20 Å². The van der Waals surface area contributed by atoms with Gasteiger partial charge in [0.2, 0.25) is 0 Å². The molecule has 3 aromatic heterocycles. The molecule has 108 valence electrons. The number of hydrogen-bond donors (Lipinski definition) is 3. The third-order valence-electron chi connectivity index (χ3n) is 3.48. The molecule has 22 heavy (non-hydrogen) atoms. The number of hydrogen-bond acceptors (Lipinski definition) is 3. The fraction of sp³-hybridized carbons (Fsp3) is 0. The van der Waals surface area contributed by atoms with Crippen molar-refractivity contribution in [1.82, 2.24) is 15.2 Å². The summed E-state index contributed by atoms with van der Waals surface area (Å²) in [7, 11) is 0. The number of nitrogens with zero attached hydrogens (tertiary/aromatic N) is 1. The van der Waals surface area contributed by atoms with Crippen molar-refractivity contribution in [2.24, 2.45) is 0 Å². The van der Waals surface area contributed by atoms with Crippen LogP contribution in [0.1, 0.15) is 10.4 Å². The third kappa shape index (κ3) is 2.19. The largest absolute Gasteiger partial charge is 0.354 e. The lowest BCUT2D eigenvalue weighted by Crippen LogP contribution is -2.10. The molecule has 0 aliphatic heterocycles. The van der Waals surface area contributed by atoms with E-state index in [-0.39, 0.29) is 5.91 Å². The molecule has 5 nitrogen and oxygen atoms in total. The second-order valence-corrected chi connectivity index (χ2v) is 5.82. The van der Waals surface area contributed by atoms with Crippen molar-refractivity contribution in [1.29, 1.82) is 0 Å². The molecule has 1 amide bonds. The maximum atomic E-state index is 12.5. The van der Waals surface area contributed by atoms with Crippen LogP contribution in [0.15, 0.2) is 54.2 Å². The van der Waals surface area contributed by atoms with Crippen LogP contribution in [0.25, 0.3) is 22.2 Å². The van der Waals surface area contributed by atoms with Crippen LogP contribution in [0.4, 0.5) is 5.00 Å². The minimum atomic E-state index is -0.106. The van der Waals surface area contributed by atoms with Gasteiger partial charge in [-0.25, -0.2) is 0 Å². The summed E-state index contributed by atoms with van der Waals surface area (Å²) in [6, 6.07) is 11.4. The number of nitrogens with one attached hydrogen (secondary N) is 3. The van der Waals surface area contributed by atoms with Crippen molar-refractivity contribution in [2.45, 2.75) is 0 Å². The van der Waals surface area contributed by atoms with Crippen LogP contribution in [0.3, 0.4) is 0 Å². The Balaban J connectivity index is 1.76. The summed E-state index contributed by atoms with van der Waals surface area (Å²) in [5.74, 6) is -0.106. The van der Waals surface area contributed by atoms with Crippen LogP contribution in [0, 0.1) is 0 Å². The summed E-state index contributed by atoms with van der Waals surface area (Å²) in [6.45, 7) is 0. The number of carbonyl (C=O) groups is 1. The van der Waals surface area contributed by atoms with Gasteiger partial charge in [-0.1, -0.05) is 6.07 Å². The van der Waals surface area contributed by atoms with Crippen LogP contribution in [-0.4, -0.2) is 21.1 Å². The Morgan fingerprint density at radius 2 is 2.18 bits per heavy atom. The van der Waals surface area contributed by atoms with Crippen molar-refractivity contribution in [3.63, 3.8) is 0 Å². The van der Waals surface area contributed by atoms with Crippen LogP contribution in [0.5, 0.6) is 0 Å². The van der Waals surface area contributed by atoms with E-state index < -0.39 is 0 Å². The summed E-state index contributed by atoms with van der Waals surface area (Å²) in [4.78, 5) is 15.8. The van der Waals surface area contributed by atoms with E-state index in [1.165, 1.54) is 11.3 Å². The number of benzene rings is 1. The van der Waals surface area contributed by atoms with Crippen molar-refractivity contribution in [3.8, 4) is 11.3 Å². The van der Waals surface area contributed by atoms with E-state index in [2.05, 4.69) is 20.5 Å². The van der Waals surface area contributed by atoms with E-state index in [1.807, 2.05) is 48.0 Å². The summed E-state index contributed by atoms with van der Waals surface area (Å²) >= 11 is 1.50. The number of aromatic nitrogens is 3. The van der Waals surface area contributed by atoms with Gasteiger partial charge in [-0.3, -0.25) is 9.89 Å². The number of aromatic amines is 2. The van der Waals surface area contributed by atoms with Gasteiger partial charge in [0.25, 0.3) is 5.91 Å². The minimum absolute atomic E-state index is 0.106. The van der Waals surface area contributed by atoms with Gasteiger partial charge >= 0.3 is 0 Å². The standard InChI is InChI=1S/C16H12N4OS/c21-16(20-15-5-2-6-22-15)11-3-1-4-13-12(11)7-14(19-13)10-8-17-18-9-10/h1-9,19H,(H,17,18)(H,20,21). The number of carbonyl (C=O) groups excluding carboxylic acids is 1. The molecular weight excluding hydrogens is 296 g/mol. The highest BCUT2D eigenvalue weighted by atomic mass is 32.1. The van der Waals surface area contributed by atoms with Gasteiger partial charge in [-0.15, -0.1) is 11.3 Å². The molecule has 0 spiro atoms. The van der Waals surface area contributed by atoms with Gasteiger partial charge in [-0.05, 0) is 35.7 Å². The van der Waals surface area contributed by atoms with Crippen molar-refractivity contribution < 1.29 is 4.79 Å². The molecule has 0 unspecified atom stereocenters. The molecule has 6 heteroatoms. The number of anilines is 1. The highest BCUT2D eigenvalue weighted by molar-refractivity contribution is 7.14. The fourth-order valence-electron chi connectivity index (χ4n) is 2.44. The average Bonchev–Trinajstić information content (AvgIpc) is 3.26. The Morgan fingerprint density at radius 1 is 1.23 bits per heavy atom. The molecule has 1 aromatic carbocycles. The second kappa shape index (κ2) is 5.16.